The molecule has 2 aromatic rings. The number of rotatable bonds is 10. The molecule has 2 aromatic carbocycles. The van der Waals surface area contributed by atoms with Crippen molar-refractivity contribution in [2.45, 2.75) is 138 Å². The number of carbonyl (C=O) groups excluding carboxylic acids is 2. The fourth-order valence-electron chi connectivity index (χ4n) is 7.95. The van der Waals surface area contributed by atoms with Crippen LogP contribution in [0.2, 0.25) is 0 Å². The van der Waals surface area contributed by atoms with Gasteiger partial charge in [-0.3, -0.25) is 9.59 Å². The van der Waals surface area contributed by atoms with Gasteiger partial charge in [-0.05, 0) is 147 Å². The van der Waals surface area contributed by atoms with Crippen molar-refractivity contribution in [1.82, 2.24) is 10.6 Å². The zero-order valence-corrected chi connectivity index (χ0v) is 33.2. The van der Waals surface area contributed by atoms with Crippen LogP contribution in [0.3, 0.4) is 0 Å². The molecule has 2 saturated carbocycles. The maximum atomic E-state index is 12.9. The second-order valence-electron chi connectivity index (χ2n) is 14.3. The van der Waals surface area contributed by atoms with E-state index in [0.717, 1.165) is 73.6 Å². The van der Waals surface area contributed by atoms with Crippen LogP contribution in [-0.2, 0) is 48.1 Å². The Bertz CT molecular complexity index is 1450. The average Bonchev–Trinajstić information content (AvgIpc) is 3.98. The fourth-order valence-corrected chi connectivity index (χ4v) is 7.95. The normalized spacial score (nSPS) is 23.3. The Hall–Kier alpha value is -2.38. The van der Waals surface area contributed by atoms with Gasteiger partial charge in [0.1, 0.15) is 5.76 Å². The first-order valence-corrected chi connectivity index (χ1v) is 18.0. The molecule has 2 heterocycles. The van der Waals surface area contributed by atoms with E-state index in [9.17, 15) is 14.7 Å². The molecule has 7 heteroatoms. The van der Waals surface area contributed by atoms with Gasteiger partial charge in [-0.15, -0.1) is 0 Å². The third-order valence-corrected chi connectivity index (χ3v) is 11.4. The monoisotopic (exact) mass is 664 g/mol. The van der Waals surface area contributed by atoms with Crippen LogP contribution in [0.1, 0.15) is 133 Å². The number of amides is 2. The van der Waals surface area contributed by atoms with Crippen LogP contribution in [0, 0.1) is 11.8 Å². The summed E-state index contributed by atoms with van der Waals surface area (Å²) in [5.74, 6) is 1.25. The average molecular weight is 665 g/mol. The van der Waals surface area contributed by atoms with Crippen molar-refractivity contribution in [3.8, 4) is 0 Å². The smallest absolute Gasteiger partial charge is 0.870 e. The van der Waals surface area contributed by atoms with Gasteiger partial charge < -0.3 is 21.2 Å². The Balaban J connectivity index is 0.000000250. The summed E-state index contributed by atoms with van der Waals surface area (Å²) < 4.78 is 0. The maximum Gasteiger partial charge on any atom is 1.00 e. The minimum Gasteiger partial charge on any atom is -0.870 e. The Labute approximate surface area is 311 Å². The van der Waals surface area contributed by atoms with Crippen LogP contribution in [0.4, 0.5) is 0 Å². The molecule has 0 aromatic heterocycles. The van der Waals surface area contributed by atoms with E-state index in [1.807, 2.05) is 6.92 Å². The molecule has 0 saturated heterocycles. The second kappa shape index (κ2) is 15.7. The largest absolute Gasteiger partial charge is 1.00 e. The Morgan fingerprint density at radius 1 is 0.625 bits per heavy atom. The number of benzene rings is 2. The molecule has 2 atom stereocenters. The van der Waals surface area contributed by atoms with Crippen molar-refractivity contribution in [3.63, 3.8) is 0 Å². The van der Waals surface area contributed by atoms with Gasteiger partial charge in [-0.25, -0.2) is 0 Å². The van der Waals surface area contributed by atoms with E-state index < -0.39 is 5.54 Å². The molecule has 6 rings (SSSR count). The summed E-state index contributed by atoms with van der Waals surface area (Å²) >= 11 is 0. The fraction of sp³-hybridized carbons (Fsp3) is 0.561. The number of hydrogen-bond donors (Lipinski definition) is 3. The van der Waals surface area contributed by atoms with Crippen LogP contribution in [0.25, 0.3) is 11.1 Å². The number of aliphatic hydroxyl groups is 1. The summed E-state index contributed by atoms with van der Waals surface area (Å²) in [5.41, 5.74) is 11.8. The Morgan fingerprint density at radius 3 is 1.31 bits per heavy atom. The molecule has 0 radical (unpaired) electrons. The van der Waals surface area contributed by atoms with Crippen LogP contribution >= 0.6 is 0 Å². The van der Waals surface area contributed by atoms with Crippen LogP contribution in [-0.4, -0.2) is 33.5 Å². The predicted octanol–water partition coefficient (Wildman–Crippen LogP) is 5.21. The van der Waals surface area contributed by atoms with Crippen molar-refractivity contribution in [2.24, 2.45) is 11.8 Å². The standard InChI is InChI=1S/C21H29NO.C20H27NO2.Na.H2O/c1-6-14-11-15(7-2)19(16(8-3)12-14)18-13(4)21(5,17-9-10-17)22-20(18)23;1-5-12-10-13(6-2)16(14(7-3)11-12)17-18(22)20(4,15-8-9-15)21-19(17)23;;/h11-12,17H,6-10H2,1-5H3,(H,22,23);10-11,15,22H,5-9H2,1-4H3,(H,21,23);;1H2/q;;+1;/p-1. The molecule has 2 fully saturated rings. The van der Waals surface area contributed by atoms with Crippen molar-refractivity contribution >= 4 is 23.0 Å². The minimum atomic E-state index is -0.578. The molecule has 2 unspecified atom stereocenters. The number of aliphatic hydroxyl groups excluding tert-OH is 1. The Morgan fingerprint density at radius 2 is 0.958 bits per heavy atom. The molecule has 0 spiro atoms. The van der Waals surface area contributed by atoms with Gasteiger partial charge in [0.05, 0.1) is 16.7 Å². The van der Waals surface area contributed by atoms with E-state index in [4.69, 9.17) is 0 Å². The molecule has 4 N–H and O–H groups in total. The second-order valence-corrected chi connectivity index (χ2v) is 14.3. The topological polar surface area (TPSA) is 108 Å². The molecule has 2 amide bonds. The van der Waals surface area contributed by atoms with Gasteiger partial charge in [-0.1, -0.05) is 65.8 Å². The van der Waals surface area contributed by atoms with E-state index in [-0.39, 0.29) is 58.1 Å². The van der Waals surface area contributed by atoms with E-state index in [0.29, 0.717) is 17.4 Å². The third-order valence-electron chi connectivity index (χ3n) is 11.4. The van der Waals surface area contributed by atoms with Crippen molar-refractivity contribution in [1.29, 1.82) is 0 Å². The van der Waals surface area contributed by atoms with Crippen molar-refractivity contribution < 1.29 is 49.7 Å². The van der Waals surface area contributed by atoms with Crippen molar-refractivity contribution in [2.75, 3.05) is 0 Å². The van der Waals surface area contributed by atoms with Crippen LogP contribution in [0.5, 0.6) is 0 Å². The molecular formula is C41H57N2NaO4. The molecule has 6 nitrogen and oxygen atoms in total. The molecule has 2 aliphatic heterocycles. The number of hydrogen-bond acceptors (Lipinski definition) is 4. The first-order chi connectivity index (χ1) is 21.9. The zero-order valence-electron chi connectivity index (χ0n) is 31.2. The molecule has 256 valence electrons. The van der Waals surface area contributed by atoms with Gasteiger partial charge in [0, 0.05) is 5.57 Å². The molecule has 4 aliphatic rings. The van der Waals surface area contributed by atoms with E-state index in [2.05, 4.69) is 90.3 Å². The summed E-state index contributed by atoms with van der Waals surface area (Å²) in [4.78, 5) is 25.5. The quantitative estimate of drug-likeness (QED) is 0.303. The van der Waals surface area contributed by atoms with Gasteiger partial charge >= 0.3 is 29.6 Å². The number of aryl methyl sites for hydroxylation is 6. The van der Waals surface area contributed by atoms with Gasteiger partial charge in [-0.2, -0.15) is 0 Å². The maximum absolute atomic E-state index is 12.9. The van der Waals surface area contributed by atoms with E-state index in [1.54, 1.807) is 0 Å². The number of nitrogens with one attached hydrogen (secondary N) is 2. The van der Waals surface area contributed by atoms with Crippen LogP contribution in [0.15, 0.2) is 35.6 Å². The molecule has 2 aliphatic carbocycles. The number of carbonyl (C=O) groups is 2. The van der Waals surface area contributed by atoms with Gasteiger partial charge in [0.15, 0.2) is 0 Å². The third kappa shape index (κ3) is 7.10. The summed E-state index contributed by atoms with van der Waals surface area (Å²) in [6.07, 6.45) is 10.3. The molecule has 0 bridgehead atoms. The summed E-state index contributed by atoms with van der Waals surface area (Å²) in [7, 11) is 0. The summed E-state index contributed by atoms with van der Waals surface area (Å²) in [6.45, 7) is 19.3. The van der Waals surface area contributed by atoms with E-state index in [1.165, 1.54) is 46.2 Å². The van der Waals surface area contributed by atoms with Gasteiger partial charge in [0.2, 0.25) is 0 Å². The minimum absolute atomic E-state index is 0. The predicted molar refractivity (Wildman–Crippen MR) is 192 cm³/mol. The first kappa shape index (κ1) is 40.1. The SMILES string of the molecule is CCc1cc(CC)c(C2=C(C)C(C)(C3CC3)NC2=O)c(CC)c1.CCc1cc(CC)c(C2=C(O)C(C)(C3CC3)NC2=O)c(CC)c1.[Na+].[OH-]. The van der Waals surface area contributed by atoms with Gasteiger partial charge in [0.25, 0.3) is 11.8 Å². The summed E-state index contributed by atoms with van der Waals surface area (Å²) in [6, 6.07) is 8.98. The molecular weight excluding hydrogens is 607 g/mol. The van der Waals surface area contributed by atoms with E-state index >= 15 is 0 Å². The zero-order chi connectivity index (χ0) is 33.6. The Kier molecular flexibility index (Phi) is 13.1. The first-order valence-electron chi connectivity index (χ1n) is 18.0. The van der Waals surface area contributed by atoms with Crippen LogP contribution < -0.4 is 40.2 Å². The van der Waals surface area contributed by atoms with Crippen molar-refractivity contribution in [3.05, 3.63) is 80.1 Å². The summed E-state index contributed by atoms with van der Waals surface area (Å²) in [5, 5.41) is 17.3. The molecule has 48 heavy (non-hydrogen) atoms.